The average Bonchev–Trinajstić information content (AvgIpc) is 2.50. The molecular formula is C18H31NO2. The van der Waals surface area contributed by atoms with Crippen molar-refractivity contribution in [3.05, 3.63) is 35.4 Å². The van der Waals surface area contributed by atoms with Crippen LogP contribution in [0.3, 0.4) is 0 Å². The number of aryl methyl sites for hydroxylation is 1. The number of nitrogens with one attached hydrogen (secondary N) is 1. The summed E-state index contributed by atoms with van der Waals surface area (Å²) in [6.07, 6.45) is 1.98. The van der Waals surface area contributed by atoms with Crippen LogP contribution in [0.5, 0.6) is 0 Å². The maximum Gasteiger partial charge on any atom is 0.0661 e. The van der Waals surface area contributed by atoms with Crippen LogP contribution in [-0.2, 0) is 15.9 Å². The molecule has 120 valence electrons. The van der Waals surface area contributed by atoms with E-state index in [1.54, 1.807) is 7.11 Å². The van der Waals surface area contributed by atoms with Gasteiger partial charge in [0, 0.05) is 13.7 Å². The van der Waals surface area contributed by atoms with Crippen LogP contribution in [0.15, 0.2) is 24.3 Å². The van der Waals surface area contributed by atoms with Gasteiger partial charge in [0.15, 0.2) is 0 Å². The number of rotatable bonds is 10. The van der Waals surface area contributed by atoms with Gasteiger partial charge in [-0.3, -0.25) is 0 Å². The molecule has 0 spiro atoms. The molecule has 0 saturated heterocycles. The van der Waals surface area contributed by atoms with Crippen LogP contribution in [0.2, 0.25) is 0 Å². The van der Waals surface area contributed by atoms with E-state index < -0.39 is 0 Å². The zero-order valence-corrected chi connectivity index (χ0v) is 14.2. The van der Waals surface area contributed by atoms with Gasteiger partial charge in [-0.05, 0) is 44.4 Å². The molecule has 0 saturated carbocycles. The summed E-state index contributed by atoms with van der Waals surface area (Å²) < 4.78 is 11.3. The largest absolute Gasteiger partial charge is 0.379 e. The Hall–Kier alpha value is -0.900. The molecule has 1 unspecified atom stereocenters. The zero-order chi connectivity index (χ0) is 15.7. The van der Waals surface area contributed by atoms with Crippen molar-refractivity contribution in [1.82, 2.24) is 5.32 Å². The van der Waals surface area contributed by atoms with Crippen molar-refractivity contribution >= 4 is 0 Å². The van der Waals surface area contributed by atoms with E-state index in [-0.39, 0.29) is 11.6 Å². The summed E-state index contributed by atoms with van der Waals surface area (Å²) >= 11 is 0. The molecule has 0 fully saturated rings. The van der Waals surface area contributed by atoms with E-state index in [1.807, 2.05) is 0 Å². The van der Waals surface area contributed by atoms with Crippen molar-refractivity contribution < 1.29 is 9.47 Å². The number of methoxy groups -OCH3 is 1. The van der Waals surface area contributed by atoms with Gasteiger partial charge >= 0.3 is 0 Å². The standard InChI is InChI=1S/C18H31NO2/c1-6-15-8-10-16(11-9-15)17(19-7-2)14-21-13-12-18(3,4)20-5/h8-11,17,19H,6-7,12-14H2,1-5H3. The molecule has 0 bridgehead atoms. The molecule has 0 aliphatic carbocycles. The third kappa shape index (κ3) is 6.60. The number of hydrogen-bond acceptors (Lipinski definition) is 3. The second-order valence-electron chi connectivity index (χ2n) is 5.99. The van der Waals surface area contributed by atoms with Crippen LogP contribution in [-0.4, -0.2) is 32.5 Å². The molecule has 0 radical (unpaired) electrons. The Labute approximate surface area is 130 Å². The Kier molecular flexibility index (Phi) is 7.94. The minimum Gasteiger partial charge on any atom is -0.379 e. The van der Waals surface area contributed by atoms with E-state index in [0.29, 0.717) is 6.61 Å². The number of ether oxygens (including phenoxy) is 2. The molecule has 0 aliphatic rings. The molecule has 1 rings (SSSR count). The molecule has 0 heterocycles. The zero-order valence-electron chi connectivity index (χ0n) is 14.2. The van der Waals surface area contributed by atoms with Gasteiger partial charge in [0.2, 0.25) is 0 Å². The lowest BCUT2D eigenvalue weighted by Crippen LogP contribution is -2.28. The average molecular weight is 293 g/mol. The minimum absolute atomic E-state index is 0.115. The first-order valence-electron chi connectivity index (χ1n) is 7.97. The Morgan fingerprint density at radius 2 is 1.81 bits per heavy atom. The number of hydrogen-bond donors (Lipinski definition) is 1. The topological polar surface area (TPSA) is 30.5 Å². The highest BCUT2D eigenvalue weighted by molar-refractivity contribution is 5.25. The smallest absolute Gasteiger partial charge is 0.0661 e. The van der Waals surface area contributed by atoms with Crippen molar-refractivity contribution in [3.63, 3.8) is 0 Å². The van der Waals surface area contributed by atoms with E-state index in [1.165, 1.54) is 11.1 Å². The molecule has 21 heavy (non-hydrogen) atoms. The summed E-state index contributed by atoms with van der Waals surface area (Å²) in [5.74, 6) is 0. The maximum atomic E-state index is 5.85. The molecule has 0 aromatic heterocycles. The molecule has 1 aromatic rings. The van der Waals surface area contributed by atoms with E-state index in [0.717, 1.165) is 26.0 Å². The lowest BCUT2D eigenvalue weighted by atomic mass is 10.0. The minimum atomic E-state index is -0.115. The van der Waals surface area contributed by atoms with Crippen LogP contribution >= 0.6 is 0 Å². The first-order valence-corrected chi connectivity index (χ1v) is 7.97. The van der Waals surface area contributed by atoms with Crippen molar-refractivity contribution in [2.45, 2.75) is 52.2 Å². The molecule has 3 nitrogen and oxygen atoms in total. The summed E-state index contributed by atoms with van der Waals surface area (Å²) in [7, 11) is 1.75. The van der Waals surface area contributed by atoms with Gasteiger partial charge in [0.25, 0.3) is 0 Å². The van der Waals surface area contributed by atoms with E-state index in [9.17, 15) is 0 Å². The third-order valence-electron chi connectivity index (χ3n) is 3.93. The van der Waals surface area contributed by atoms with Crippen LogP contribution in [0.4, 0.5) is 0 Å². The van der Waals surface area contributed by atoms with Gasteiger partial charge < -0.3 is 14.8 Å². The van der Waals surface area contributed by atoms with E-state index in [4.69, 9.17) is 9.47 Å². The van der Waals surface area contributed by atoms with Gasteiger partial charge in [0.1, 0.15) is 0 Å². The lowest BCUT2D eigenvalue weighted by molar-refractivity contribution is -0.0124. The highest BCUT2D eigenvalue weighted by Gasteiger charge is 2.16. The Morgan fingerprint density at radius 1 is 1.14 bits per heavy atom. The number of likely N-dealkylation sites (N-methyl/N-ethyl adjacent to an activating group) is 1. The fraction of sp³-hybridized carbons (Fsp3) is 0.667. The normalized spacial score (nSPS) is 13.4. The fourth-order valence-electron chi connectivity index (χ4n) is 2.13. The van der Waals surface area contributed by atoms with Crippen molar-refractivity contribution in [2.75, 3.05) is 26.9 Å². The van der Waals surface area contributed by atoms with E-state index in [2.05, 4.69) is 57.3 Å². The summed E-state index contributed by atoms with van der Waals surface area (Å²) in [4.78, 5) is 0. The summed E-state index contributed by atoms with van der Waals surface area (Å²) in [5, 5.41) is 3.49. The summed E-state index contributed by atoms with van der Waals surface area (Å²) in [6.45, 7) is 10.8. The Balaban J connectivity index is 2.49. The summed E-state index contributed by atoms with van der Waals surface area (Å²) in [5.41, 5.74) is 2.55. The molecule has 1 N–H and O–H groups in total. The molecule has 0 amide bonds. The number of benzene rings is 1. The molecule has 1 atom stereocenters. The molecule has 3 heteroatoms. The SMILES string of the molecule is CCNC(COCCC(C)(C)OC)c1ccc(CC)cc1. The predicted octanol–water partition coefficient (Wildman–Crippen LogP) is 3.73. The summed E-state index contributed by atoms with van der Waals surface area (Å²) in [6, 6.07) is 9.07. The second kappa shape index (κ2) is 9.19. The highest BCUT2D eigenvalue weighted by atomic mass is 16.5. The quantitative estimate of drug-likeness (QED) is 0.667. The van der Waals surface area contributed by atoms with Crippen molar-refractivity contribution in [2.24, 2.45) is 0 Å². The van der Waals surface area contributed by atoms with Gasteiger partial charge in [-0.15, -0.1) is 0 Å². The van der Waals surface area contributed by atoms with Crippen LogP contribution < -0.4 is 5.32 Å². The van der Waals surface area contributed by atoms with Crippen LogP contribution in [0.1, 0.15) is 51.3 Å². The predicted molar refractivity (Wildman–Crippen MR) is 88.8 cm³/mol. The van der Waals surface area contributed by atoms with Crippen molar-refractivity contribution in [3.8, 4) is 0 Å². The highest BCUT2D eigenvalue weighted by Crippen LogP contribution is 2.17. The van der Waals surface area contributed by atoms with Crippen LogP contribution in [0.25, 0.3) is 0 Å². The van der Waals surface area contributed by atoms with Crippen molar-refractivity contribution in [1.29, 1.82) is 0 Å². The second-order valence-corrected chi connectivity index (χ2v) is 5.99. The maximum absolute atomic E-state index is 5.85. The van der Waals surface area contributed by atoms with Crippen LogP contribution in [0, 0.1) is 0 Å². The Bertz CT molecular complexity index is 387. The van der Waals surface area contributed by atoms with Gasteiger partial charge in [0.05, 0.1) is 18.2 Å². The van der Waals surface area contributed by atoms with E-state index >= 15 is 0 Å². The molecular weight excluding hydrogens is 262 g/mol. The molecule has 1 aromatic carbocycles. The first kappa shape index (κ1) is 18.1. The first-order chi connectivity index (χ1) is 10.0. The lowest BCUT2D eigenvalue weighted by Gasteiger charge is -2.24. The third-order valence-corrected chi connectivity index (χ3v) is 3.93. The van der Waals surface area contributed by atoms with Gasteiger partial charge in [-0.1, -0.05) is 38.1 Å². The van der Waals surface area contributed by atoms with Gasteiger partial charge in [-0.2, -0.15) is 0 Å². The van der Waals surface area contributed by atoms with Gasteiger partial charge in [-0.25, -0.2) is 0 Å². The monoisotopic (exact) mass is 293 g/mol. The molecule has 0 aliphatic heterocycles. The fourth-order valence-corrected chi connectivity index (χ4v) is 2.13. The Morgan fingerprint density at radius 3 is 2.33 bits per heavy atom.